The first-order chi connectivity index (χ1) is 13.8. The van der Waals surface area contributed by atoms with E-state index in [1.165, 1.54) is 0 Å². The first-order valence-corrected chi connectivity index (χ1v) is 9.61. The molecule has 0 heterocycles. The molecule has 0 bridgehead atoms. The Bertz CT molecular complexity index is 830. The molecule has 2 rings (SSSR count). The van der Waals surface area contributed by atoms with E-state index in [-0.39, 0.29) is 31.0 Å². The molecule has 0 aliphatic rings. The minimum absolute atomic E-state index is 0.0277. The van der Waals surface area contributed by atoms with Crippen molar-refractivity contribution in [3.8, 4) is 11.5 Å². The zero-order chi connectivity index (χ0) is 21.4. The van der Waals surface area contributed by atoms with E-state index < -0.39 is 6.04 Å². The van der Waals surface area contributed by atoms with Gasteiger partial charge in [-0.25, -0.2) is 0 Å². The van der Waals surface area contributed by atoms with Crippen LogP contribution in [0.15, 0.2) is 42.5 Å². The van der Waals surface area contributed by atoms with Crippen LogP contribution in [0.3, 0.4) is 0 Å². The van der Waals surface area contributed by atoms with Crippen molar-refractivity contribution in [2.75, 3.05) is 13.7 Å². The van der Waals surface area contributed by atoms with Crippen molar-refractivity contribution in [3.05, 3.63) is 59.2 Å². The highest BCUT2D eigenvalue weighted by Crippen LogP contribution is 2.21. The lowest BCUT2D eigenvalue weighted by molar-refractivity contribution is -0.148. The summed E-state index contributed by atoms with van der Waals surface area (Å²) < 4.78 is 16.0. The number of amides is 1. The number of rotatable bonds is 9. The Morgan fingerprint density at radius 2 is 1.62 bits per heavy atom. The third-order valence-electron chi connectivity index (χ3n) is 4.44. The quantitative estimate of drug-likeness (QED) is 0.648. The summed E-state index contributed by atoms with van der Waals surface area (Å²) in [5, 5.41) is 2.87. The average Bonchev–Trinajstić information content (AvgIpc) is 2.68. The average molecular weight is 399 g/mol. The number of hydrogen-bond acceptors (Lipinski definition) is 5. The fraction of sp³-hybridized carbons (Fsp3) is 0.391. The van der Waals surface area contributed by atoms with Gasteiger partial charge in [0.05, 0.1) is 25.7 Å². The Hall–Kier alpha value is -3.02. The normalized spacial score (nSPS) is 11.7. The van der Waals surface area contributed by atoms with Gasteiger partial charge in [0.15, 0.2) is 6.61 Å². The second-order valence-corrected chi connectivity index (χ2v) is 7.17. The highest BCUT2D eigenvalue weighted by atomic mass is 16.5. The minimum atomic E-state index is -0.525. The van der Waals surface area contributed by atoms with E-state index in [4.69, 9.17) is 14.2 Å². The maximum Gasteiger partial charge on any atom is 0.308 e. The Morgan fingerprint density at radius 3 is 2.21 bits per heavy atom. The van der Waals surface area contributed by atoms with Crippen LogP contribution < -0.4 is 14.8 Å². The van der Waals surface area contributed by atoms with Gasteiger partial charge in [-0.3, -0.25) is 9.59 Å². The van der Waals surface area contributed by atoms with Gasteiger partial charge in [-0.05, 0) is 68.7 Å². The molecule has 1 N–H and O–H groups in total. The largest absolute Gasteiger partial charge is 0.497 e. The van der Waals surface area contributed by atoms with Gasteiger partial charge in [-0.1, -0.05) is 18.2 Å². The Balaban J connectivity index is 2.05. The van der Waals surface area contributed by atoms with Crippen LogP contribution in [-0.2, 0) is 14.3 Å². The summed E-state index contributed by atoms with van der Waals surface area (Å²) in [5.74, 6) is 0.628. The van der Waals surface area contributed by atoms with Crippen LogP contribution in [0.2, 0.25) is 0 Å². The van der Waals surface area contributed by atoms with Gasteiger partial charge in [-0.2, -0.15) is 0 Å². The van der Waals surface area contributed by atoms with Crippen molar-refractivity contribution in [2.45, 2.75) is 46.3 Å². The van der Waals surface area contributed by atoms with E-state index in [0.29, 0.717) is 11.5 Å². The van der Waals surface area contributed by atoms with Crippen molar-refractivity contribution >= 4 is 11.9 Å². The van der Waals surface area contributed by atoms with E-state index in [2.05, 4.69) is 5.32 Å². The maximum absolute atomic E-state index is 12.5. The van der Waals surface area contributed by atoms with Crippen LogP contribution in [0.25, 0.3) is 0 Å². The molecule has 6 heteroatoms. The minimum Gasteiger partial charge on any atom is -0.497 e. The molecule has 0 aromatic heterocycles. The zero-order valence-corrected chi connectivity index (χ0v) is 17.7. The number of esters is 1. The lowest BCUT2D eigenvalue weighted by Crippen LogP contribution is -2.34. The van der Waals surface area contributed by atoms with Gasteiger partial charge < -0.3 is 19.5 Å². The summed E-state index contributed by atoms with van der Waals surface area (Å²) >= 11 is 0. The molecule has 0 radical (unpaired) electrons. The van der Waals surface area contributed by atoms with E-state index in [9.17, 15) is 9.59 Å². The van der Waals surface area contributed by atoms with Crippen molar-refractivity contribution in [2.24, 2.45) is 0 Å². The van der Waals surface area contributed by atoms with Crippen LogP contribution in [-0.4, -0.2) is 31.7 Å². The maximum atomic E-state index is 12.5. The number of hydrogen-bond donors (Lipinski definition) is 1. The highest BCUT2D eigenvalue weighted by molar-refractivity contribution is 5.79. The lowest BCUT2D eigenvalue weighted by Gasteiger charge is -2.20. The van der Waals surface area contributed by atoms with E-state index >= 15 is 0 Å². The Labute approximate surface area is 172 Å². The van der Waals surface area contributed by atoms with Gasteiger partial charge in [0.2, 0.25) is 0 Å². The summed E-state index contributed by atoms with van der Waals surface area (Å²) in [5.41, 5.74) is 3.03. The SMILES string of the molecule is COc1ccc(C(CC(=O)OC(C)C)NC(=O)COc2ccc(C)c(C)c2)cc1. The van der Waals surface area contributed by atoms with Crippen LogP contribution in [0.4, 0.5) is 0 Å². The highest BCUT2D eigenvalue weighted by Gasteiger charge is 2.20. The molecule has 6 nitrogen and oxygen atoms in total. The zero-order valence-electron chi connectivity index (χ0n) is 17.7. The molecule has 1 atom stereocenters. The van der Waals surface area contributed by atoms with Crippen LogP contribution in [0, 0.1) is 13.8 Å². The molecule has 1 amide bonds. The number of ether oxygens (including phenoxy) is 3. The predicted octanol–water partition coefficient (Wildman–Crippen LogP) is 3.89. The predicted molar refractivity (Wildman–Crippen MR) is 111 cm³/mol. The van der Waals surface area contributed by atoms with Crippen LogP contribution in [0.1, 0.15) is 43.0 Å². The third-order valence-corrected chi connectivity index (χ3v) is 4.44. The Morgan fingerprint density at radius 1 is 0.966 bits per heavy atom. The van der Waals surface area contributed by atoms with E-state index in [1.807, 2.05) is 44.2 Å². The molecule has 0 aliphatic carbocycles. The van der Waals surface area contributed by atoms with Crippen LogP contribution in [0.5, 0.6) is 11.5 Å². The first kappa shape index (κ1) is 22.3. The second-order valence-electron chi connectivity index (χ2n) is 7.17. The molecule has 0 aliphatic heterocycles. The number of carbonyl (C=O) groups excluding carboxylic acids is 2. The molecule has 0 spiro atoms. The number of aryl methyl sites for hydroxylation is 2. The summed E-state index contributed by atoms with van der Waals surface area (Å²) in [4.78, 5) is 24.6. The lowest BCUT2D eigenvalue weighted by atomic mass is 10.0. The second kappa shape index (κ2) is 10.5. The summed E-state index contributed by atoms with van der Waals surface area (Å²) in [6.45, 7) is 7.44. The number of carbonyl (C=O) groups is 2. The molecule has 2 aromatic carbocycles. The van der Waals surface area contributed by atoms with Crippen molar-refractivity contribution in [1.29, 1.82) is 0 Å². The molecule has 0 saturated heterocycles. The van der Waals surface area contributed by atoms with Crippen molar-refractivity contribution < 1.29 is 23.8 Å². The van der Waals surface area contributed by atoms with Crippen LogP contribution >= 0.6 is 0 Å². The van der Waals surface area contributed by atoms with E-state index in [0.717, 1.165) is 16.7 Å². The van der Waals surface area contributed by atoms with Gasteiger partial charge in [0.25, 0.3) is 5.91 Å². The summed E-state index contributed by atoms with van der Waals surface area (Å²) in [7, 11) is 1.58. The fourth-order valence-electron chi connectivity index (χ4n) is 2.75. The monoisotopic (exact) mass is 399 g/mol. The van der Waals surface area contributed by atoms with Gasteiger partial charge in [-0.15, -0.1) is 0 Å². The number of benzene rings is 2. The molecule has 1 unspecified atom stereocenters. The first-order valence-electron chi connectivity index (χ1n) is 9.61. The fourth-order valence-corrected chi connectivity index (χ4v) is 2.75. The summed E-state index contributed by atoms with van der Waals surface area (Å²) in [6.07, 6.45) is -0.192. The molecular formula is C23H29NO5. The van der Waals surface area contributed by atoms with Gasteiger partial charge in [0.1, 0.15) is 11.5 Å². The smallest absolute Gasteiger partial charge is 0.308 e. The topological polar surface area (TPSA) is 73.9 Å². The standard InChI is InChI=1S/C23H29NO5/c1-15(2)29-23(26)13-21(18-7-10-19(27-5)11-8-18)24-22(25)14-28-20-9-6-16(3)17(4)12-20/h6-12,15,21H,13-14H2,1-5H3,(H,24,25). The van der Waals surface area contributed by atoms with Crippen molar-refractivity contribution in [1.82, 2.24) is 5.32 Å². The number of nitrogens with one attached hydrogen (secondary N) is 1. The molecule has 29 heavy (non-hydrogen) atoms. The molecule has 0 fully saturated rings. The van der Waals surface area contributed by atoms with Gasteiger partial charge in [0, 0.05) is 0 Å². The Kier molecular flexibility index (Phi) is 8.07. The third kappa shape index (κ3) is 7.14. The summed E-state index contributed by atoms with van der Waals surface area (Å²) in [6, 6.07) is 12.3. The molecular weight excluding hydrogens is 370 g/mol. The van der Waals surface area contributed by atoms with Crippen molar-refractivity contribution in [3.63, 3.8) is 0 Å². The molecule has 2 aromatic rings. The molecule has 156 valence electrons. The number of methoxy groups -OCH3 is 1. The van der Waals surface area contributed by atoms with E-state index in [1.54, 1.807) is 33.1 Å². The van der Waals surface area contributed by atoms with Gasteiger partial charge >= 0.3 is 5.97 Å². The molecule has 0 saturated carbocycles.